The number of hydrogen-bond acceptors (Lipinski definition) is 4. The first kappa shape index (κ1) is 16.6. The molecule has 1 fully saturated rings. The highest BCUT2D eigenvalue weighted by Gasteiger charge is 2.22. The molecule has 0 unspecified atom stereocenters. The monoisotopic (exact) mass is 351 g/mol. The number of carbonyl (C=O) groups is 2. The number of hydrazine groups is 1. The van der Waals surface area contributed by atoms with E-state index in [9.17, 15) is 9.59 Å². The highest BCUT2D eigenvalue weighted by molar-refractivity contribution is 6.31. The van der Waals surface area contributed by atoms with Gasteiger partial charge in [0.1, 0.15) is 5.58 Å². The van der Waals surface area contributed by atoms with E-state index < -0.39 is 6.09 Å². The van der Waals surface area contributed by atoms with Crippen LogP contribution in [0.15, 0.2) is 28.7 Å². The van der Waals surface area contributed by atoms with Crippen LogP contribution in [0.1, 0.15) is 23.4 Å². The van der Waals surface area contributed by atoms with Crippen molar-refractivity contribution in [1.82, 2.24) is 15.8 Å². The Morgan fingerprint density at radius 3 is 2.75 bits per heavy atom. The van der Waals surface area contributed by atoms with Crippen LogP contribution >= 0.6 is 11.6 Å². The van der Waals surface area contributed by atoms with Crippen molar-refractivity contribution in [3.8, 4) is 0 Å². The third-order valence-corrected chi connectivity index (χ3v) is 4.35. The van der Waals surface area contributed by atoms with Gasteiger partial charge < -0.3 is 14.8 Å². The number of rotatable bonds is 4. The van der Waals surface area contributed by atoms with Crippen molar-refractivity contribution in [1.29, 1.82) is 0 Å². The van der Waals surface area contributed by atoms with Crippen LogP contribution in [0, 0.1) is 5.92 Å². The maximum absolute atomic E-state index is 12.3. The van der Waals surface area contributed by atoms with Gasteiger partial charge in [-0.15, -0.1) is 0 Å². The van der Waals surface area contributed by atoms with E-state index in [-0.39, 0.29) is 11.7 Å². The summed E-state index contributed by atoms with van der Waals surface area (Å²) in [5.74, 6) is 0.231. The second kappa shape index (κ2) is 7.11. The second-order valence-electron chi connectivity index (χ2n) is 5.85. The van der Waals surface area contributed by atoms with E-state index in [2.05, 4.69) is 10.7 Å². The van der Waals surface area contributed by atoms with Gasteiger partial charge >= 0.3 is 12.0 Å². The molecule has 0 spiro atoms. The fourth-order valence-electron chi connectivity index (χ4n) is 2.81. The van der Waals surface area contributed by atoms with Gasteiger partial charge in [-0.1, -0.05) is 11.6 Å². The zero-order valence-electron chi connectivity index (χ0n) is 12.9. The van der Waals surface area contributed by atoms with Gasteiger partial charge in [-0.25, -0.2) is 9.80 Å². The van der Waals surface area contributed by atoms with Gasteiger partial charge in [0.05, 0.1) is 0 Å². The predicted molar refractivity (Wildman–Crippen MR) is 89.0 cm³/mol. The number of halogens is 1. The minimum Gasteiger partial charge on any atom is -0.465 e. The normalized spacial score (nSPS) is 16.2. The van der Waals surface area contributed by atoms with E-state index in [1.54, 1.807) is 24.3 Å². The molecule has 2 aromatic rings. The van der Waals surface area contributed by atoms with Crippen LogP contribution in [-0.4, -0.2) is 41.8 Å². The van der Waals surface area contributed by atoms with Gasteiger partial charge in [-0.05, 0) is 43.0 Å². The maximum atomic E-state index is 12.3. The molecule has 2 heterocycles. The summed E-state index contributed by atoms with van der Waals surface area (Å²) in [5, 5.41) is 14.2. The Labute approximate surface area is 143 Å². The average molecular weight is 352 g/mol. The van der Waals surface area contributed by atoms with E-state index in [0.717, 1.165) is 18.2 Å². The standard InChI is InChI=1S/C16H18ClN3O4/c17-12-1-2-13-11(7-12)8-14(24-13)15(21)19-20-5-3-10(4-6-20)9-18-16(22)23/h1-2,7-8,10,18H,3-6,9H2,(H,19,21)(H,22,23). The molecule has 0 saturated carbocycles. The van der Waals surface area contributed by atoms with Gasteiger partial charge in [-0.2, -0.15) is 0 Å². The Morgan fingerprint density at radius 1 is 1.29 bits per heavy atom. The Bertz CT molecular complexity index is 753. The van der Waals surface area contributed by atoms with Crippen molar-refractivity contribution in [2.75, 3.05) is 19.6 Å². The molecular formula is C16H18ClN3O4. The van der Waals surface area contributed by atoms with Crippen LogP contribution in [-0.2, 0) is 0 Å². The molecule has 2 amide bonds. The van der Waals surface area contributed by atoms with E-state index >= 15 is 0 Å². The van der Waals surface area contributed by atoms with Crippen LogP contribution in [0.4, 0.5) is 4.79 Å². The minimum atomic E-state index is -1.00. The number of carbonyl (C=O) groups excluding carboxylic acids is 1. The summed E-state index contributed by atoms with van der Waals surface area (Å²) < 4.78 is 5.54. The summed E-state index contributed by atoms with van der Waals surface area (Å²) in [6.07, 6.45) is 0.628. The zero-order valence-corrected chi connectivity index (χ0v) is 13.7. The average Bonchev–Trinajstić information content (AvgIpc) is 2.97. The molecule has 8 heteroatoms. The van der Waals surface area contributed by atoms with E-state index in [1.165, 1.54) is 0 Å². The predicted octanol–water partition coefficient (Wildman–Crippen LogP) is 2.71. The molecule has 128 valence electrons. The first-order valence-electron chi connectivity index (χ1n) is 7.73. The van der Waals surface area contributed by atoms with Crippen molar-refractivity contribution in [2.45, 2.75) is 12.8 Å². The Morgan fingerprint density at radius 2 is 2.04 bits per heavy atom. The SMILES string of the molecule is O=C(O)NCC1CCN(NC(=O)c2cc3cc(Cl)ccc3o2)CC1. The number of amides is 2. The number of piperidine rings is 1. The molecule has 0 radical (unpaired) electrons. The number of hydrogen-bond donors (Lipinski definition) is 3. The Hall–Kier alpha value is -2.25. The molecular weight excluding hydrogens is 334 g/mol. The molecule has 1 saturated heterocycles. The third kappa shape index (κ3) is 3.98. The van der Waals surface area contributed by atoms with Crippen molar-refractivity contribution in [2.24, 2.45) is 5.92 Å². The lowest BCUT2D eigenvalue weighted by molar-refractivity contribution is 0.0677. The van der Waals surface area contributed by atoms with Crippen LogP contribution in [0.3, 0.4) is 0 Å². The fraction of sp³-hybridized carbons (Fsp3) is 0.375. The van der Waals surface area contributed by atoms with Crippen LogP contribution in [0.25, 0.3) is 11.0 Å². The smallest absolute Gasteiger partial charge is 0.404 e. The molecule has 1 aromatic carbocycles. The first-order chi connectivity index (χ1) is 11.5. The lowest BCUT2D eigenvalue weighted by Crippen LogP contribution is -2.47. The topological polar surface area (TPSA) is 94.8 Å². The van der Waals surface area contributed by atoms with Crippen molar-refractivity contribution < 1.29 is 19.1 Å². The highest BCUT2D eigenvalue weighted by atomic mass is 35.5. The summed E-state index contributed by atoms with van der Waals surface area (Å²) in [7, 11) is 0. The number of furan rings is 1. The Kier molecular flexibility index (Phi) is 4.92. The molecule has 0 bridgehead atoms. The largest absolute Gasteiger partial charge is 0.465 e. The number of carboxylic acid groups (broad SMARTS) is 1. The highest BCUT2D eigenvalue weighted by Crippen LogP contribution is 2.23. The summed E-state index contributed by atoms with van der Waals surface area (Å²) in [4.78, 5) is 22.8. The molecule has 1 aliphatic rings. The summed E-state index contributed by atoms with van der Waals surface area (Å²) in [5.41, 5.74) is 3.44. The van der Waals surface area contributed by atoms with Crippen molar-refractivity contribution in [3.05, 3.63) is 35.0 Å². The maximum Gasteiger partial charge on any atom is 0.404 e. The number of nitrogens with zero attached hydrogens (tertiary/aromatic N) is 1. The quantitative estimate of drug-likeness (QED) is 0.787. The summed E-state index contributed by atoms with van der Waals surface area (Å²) >= 11 is 5.93. The van der Waals surface area contributed by atoms with Crippen molar-refractivity contribution in [3.63, 3.8) is 0 Å². The first-order valence-corrected chi connectivity index (χ1v) is 8.11. The molecule has 1 aliphatic heterocycles. The molecule has 24 heavy (non-hydrogen) atoms. The molecule has 7 nitrogen and oxygen atoms in total. The molecule has 1 aromatic heterocycles. The lowest BCUT2D eigenvalue weighted by Gasteiger charge is -2.31. The number of nitrogens with one attached hydrogen (secondary N) is 2. The molecule has 0 atom stereocenters. The summed E-state index contributed by atoms with van der Waals surface area (Å²) in [6, 6.07) is 6.86. The molecule has 3 N–H and O–H groups in total. The number of benzene rings is 1. The lowest BCUT2D eigenvalue weighted by atomic mass is 9.98. The van der Waals surface area contributed by atoms with Gasteiger partial charge in [-0.3, -0.25) is 10.2 Å². The van der Waals surface area contributed by atoms with Crippen LogP contribution in [0.2, 0.25) is 5.02 Å². The second-order valence-corrected chi connectivity index (χ2v) is 6.29. The van der Waals surface area contributed by atoms with E-state index in [4.69, 9.17) is 21.1 Å². The van der Waals surface area contributed by atoms with Gasteiger partial charge in [0, 0.05) is 30.0 Å². The van der Waals surface area contributed by atoms with Gasteiger partial charge in [0.15, 0.2) is 5.76 Å². The summed E-state index contributed by atoms with van der Waals surface area (Å²) in [6.45, 7) is 1.79. The zero-order chi connectivity index (χ0) is 17.1. The van der Waals surface area contributed by atoms with Crippen molar-refractivity contribution >= 4 is 34.6 Å². The molecule has 3 rings (SSSR count). The van der Waals surface area contributed by atoms with Crippen LogP contribution in [0.5, 0.6) is 0 Å². The Balaban J connectivity index is 1.54. The third-order valence-electron chi connectivity index (χ3n) is 4.12. The van der Waals surface area contributed by atoms with Gasteiger partial charge in [0.25, 0.3) is 0 Å². The molecule has 0 aliphatic carbocycles. The minimum absolute atomic E-state index is 0.238. The van der Waals surface area contributed by atoms with Gasteiger partial charge in [0.2, 0.25) is 0 Å². The van der Waals surface area contributed by atoms with E-state index in [1.807, 2.05) is 5.01 Å². The fourth-order valence-corrected chi connectivity index (χ4v) is 2.99. The number of fused-ring (bicyclic) bond motifs is 1. The van der Waals surface area contributed by atoms with Crippen LogP contribution < -0.4 is 10.7 Å². The van der Waals surface area contributed by atoms with E-state index in [0.29, 0.717) is 36.2 Å².